The molecule has 5 rings (SSSR count). The molecule has 3 aliphatic heterocycles. The molecule has 9 heteroatoms. The fourth-order valence-corrected chi connectivity index (χ4v) is 4.61. The lowest BCUT2D eigenvalue weighted by atomic mass is 10.1. The van der Waals surface area contributed by atoms with E-state index in [0.717, 1.165) is 42.1 Å². The maximum Gasteiger partial charge on any atom is 0.330 e. The summed E-state index contributed by atoms with van der Waals surface area (Å²) in [5.74, 6) is 2.04. The Kier molecular flexibility index (Phi) is 5.80. The topological polar surface area (TPSA) is 79.7 Å². The molecule has 9 nitrogen and oxygen atoms in total. The Bertz CT molecular complexity index is 1060. The quantitative estimate of drug-likeness (QED) is 0.672. The molecule has 0 radical (unpaired) electrons. The van der Waals surface area contributed by atoms with Crippen molar-refractivity contribution in [3.63, 3.8) is 0 Å². The highest BCUT2D eigenvalue weighted by Gasteiger charge is 2.43. The average molecular weight is 452 g/mol. The van der Waals surface area contributed by atoms with E-state index in [9.17, 15) is 4.79 Å². The van der Waals surface area contributed by atoms with Gasteiger partial charge >= 0.3 is 6.03 Å². The van der Waals surface area contributed by atoms with Crippen LogP contribution in [0.1, 0.15) is 24.6 Å². The maximum atomic E-state index is 13.8. The third kappa shape index (κ3) is 3.86. The molecular weight excluding hydrogens is 422 g/mol. The number of ether oxygens (including phenoxy) is 3. The van der Waals surface area contributed by atoms with Crippen LogP contribution in [0.15, 0.2) is 35.5 Å². The van der Waals surface area contributed by atoms with E-state index < -0.39 is 0 Å². The number of anilines is 2. The molecule has 1 saturated heterocycles. The number of carbonyl (C=O) groups excluding carboxylic acids is 1. The second-order valence-corrected chi connectivity index (χ2v) is 8.35. The number of methoxy groups -OCH3 is 2. The minimum Gasteiger partial charge on any atom is -0.497 e. The van der Waals surface area contributed by atoms with E-state index in [1.54, 1.807) is 24.0 Å². The Balaban J connectivity index is 1.57. The van der Waals surface area contributed by atoms with Crippen molar-refractivity contribution in [3.8, 4) is 11.5 Å². The number of morpholine rings is 1. The van der Waals surface area contributed by atoms with E-state index >= 15 is 0 Å². The van der Waals surface area contributed by atoms with Crippen LogP contribution in [-0.4, -0.2) is 74.9 Å². The molecule has 0 saturated carbocycles. The number of amides is 2. The van der Waals surface area contributed by atoms with E-state index in [1.165, 1.54) is 0 Å². The predicted octanol–water partition coefficient (Wildman–Crippen LogP) is 2.92. The maximum absolute atomic E-state index is 13.8. The van der Waals surface area contributed by atoms with Crippen molar-refractivity contribution in [2.45, 2.75) is 25.9 Å². The fraction of sp³-hybridized carbons (Fsp3) is 0.458. The smallest absolute Gasteiger partial charge is 0.330 e. The molecule has 3 aliphatic rings. The van der Waals surface area contributed by atoms with Crippen LogP contribution in [0, 0.1) is 0 Å². The molecule has 2 aromatic rings. The molecule has 1 unspecified atom stereocenters. The molecule has 0 N–H and O–H groups in total. The molecule has 1 aromatic carbocycles. The van der Waals surface area contributed by atoms with E-state index in [4.69, 9.17) is 24.2 Å². The Morgan fingerprint density at radius 3 is 2.48 bits per heavy atom. The van der Waals surface area contributed by atoms with Gasteiger partial charge in [-0.1, -0.05) is 6.92 Å². The van der Waals surface area contributed by atoms with Gasteiger partial charge in [0.05, 0.1) is 64.1 Å². The van der Waals surface area contributed by atoms with Crippen LogP contribution >= 0.6 is 0 Å². The Labute approximate surface area is 193 Å². The number of urea groups is 1. The van der Waals surface area contributed by atoms with Crippen molar-refractivity contribution in [2.75, 3.05) is 56.9 Å². The van der Waals surface area contributed by atoms with Gasteiger partial charge in [0.25, 0.3) is 0 Å². The van der Waals surface area contributed by atoms with Crippen molar-refractivity contribution in [2.24, 2.45) is 4.99 Å². The number of hydrogen-bond acceptors (Lipinski definition) is 7. The van der Waals surface area contributed by atoms with Gasteiger partial charge in [-0.25, -0.2) is 9.78 Å². The van der Waals surface area contributed by atoms with Gasteiger partial charge in [0.2, 0.25) is 0 Å². The van der Waals surface area contributed by atoms with Crippen LogP contribution in [0.3, 0.4) is 0 Å². The largest absolute Gasteiger partial charge is 0.497 e. The summed E-state index contributed by atoms with van der Waals surface area (Å²) < 4.78 is 16.4. The number of fused-ring (bicyclic) bond motifs is 3. The summed E-state index contributed by atoms with van der Waals surface area (Å²) in [5.41, 5.74) is 3.42. The van der Waals surface area contributed by atoms with Gasteiger partial charge in [0.15, 0.2) is 5.84 Å². The number of rotatable bonds is 6. The molecule has 0 aliphatic carbocycles. The van der Waals surface area contributed by atoms with E-state index in [2.05, 4.69) is 17.9 Å². The minimum absolute atomic E-state index is 0.0451. The van der Waals surface area contributed by atoms with Crippen LogP contribution in [0.2, 0.25) is 0 Å². The zero-order chi connectivity index (χ0) is 22.9. The highest BCUT2D eigenvalue weighted by Crippen LogP contribution is 2.36. The Hall–Kier alpha value is -3.33. The van der Waals surface area contributed by atoms with Crippen molar-refractivity contribution >= 4 is 23.2 Å². The minimum atomic E-state index is -0.0756. The van der Waals surface area contributed by atoms with Crippen molar-refractivity contribution in [1.29, 1.82) is 0 Å². The summed E-state index contributed by atoms with van der Waals surface area (Å²) in [6.45, 7) is 6.01. The van der Waals surface area contributed by atoms with E-state index in [0.29, 0.717) is 43.6 Å². The highest BCUT2D eigenvalue weighted by atomic mass is 16.5. The van der Waals surface area contributed by atoms with Gasteiger partial charge in [-0.3, -0.25) is 14.8 Å². The molecule has 4 heterocycles. The van der Waals surface area contributed by atoms with Gasteiger partial charge in [-0.15, -0.1) is 0 Å². The second-order valence-electron chi connectivity index (χ2n) is 8.35. The number of benzene rings is 1. The normalized spacial score (nSPS) is 19.8. The van der Waals surface area contributed by atoms with Crippen LogP contribution in [-0.2, 0) is 11.3 Å². The molecule has 174 valence electrons. The summed E-state index contributed by atoms with van der Waals surface area (Å²) in [6, 6.07) is 7.71. The average Bonchev–Trinajstić information content (AvgIpc) is 3.31. The molecule has 0 bridgehead atoms. The standard InChI is InChI=1S/C24H29N5O4/c1-4-17-13-26-23-22-21(11-18(14-25-22)27-5-7-33-8-6-27)28(24(30)29(17)23)15-16-9-19(31-2)12-20(10-16)32-3/h9-12,14,17H,4-8,13,15H2,1-3H3. The Morgan fingerprint density at radius 2 is 1.82 bits per heavy atom. The summed E-state index contributed by atoms with van der Waals surface area (Å²) in [5, 5.41) is 0. The van der Waals surface area contributed by atoms with Gasteiger partial charge in [0.1, 0.15) is 17.2 Å². The summed E-state index contributed by atoms with van der Waals surface area (Å²) in [7, 11) is 3.24. The van der Waals surface area contributed by atoms with E-state index in [1.807, 2.05) is 24.4 Å². The van der Waals surface area contributed by atoms with Crippen LogP contribution in [0.25, 0.3) is 0 Å². The first kappa shape index (κ1) is 21.5. The lowest BCUT2D eigenvalue weighted by Crippen LogP contribution is -2.53. The first-order valence-electron chi connectivity index (χ1n) is 11.3. The lowest BCUT2D eigenvalue weighted by Gasteiger charge is -2.38. The summed E-state index contributed by atoms with van der Waals surface area (Å²) >= 11 is 0. The zero-order valence-corrected chi connectivity index (χ0v) is 19.3. The number of hydrogen-bond donors (Lipinski definition) is 0. The lowest BCUT2D eigenvalue weighted by molar-refractivity contribution is 0.122. The van der Waals surface area contributed by atoms with Gasteiger partial charge in [-0.2, -0.15) is 0 Å². The highest BCUT2D eigenvalue weighted by molar-refractivity contribution is 6.19. The molecule has 1 atom stereocenters. The number of aromatic nitrogens is 1. The zero-order valence-electron chi connectivity index (χ0n) is 19.3. The third-order valence-corrected chi connectivity index (χ3v) is 6.44. The number of amidine groups is 1. The molecule has 1 aromatic heterocycles. The monoisotopic (exact) mass is 451 g/mol. The molecule has 0 spiro atoms. The third-order valence-electron chi connectivity index (χ3n) is 6.44. The molecular formula is C24H29N5O4. The summed E-state index contributed by atoms with van der Waals surface area (Å²) in [4.78, 5) is 29.1. The SMILES string of the molecule is CCC1CN=C2c3ncc(N4CCOCC4)cc3N(Cc3cc(OC)cc(OC)c3)C(=O)N21. The van der Waals surface area contributed by atoms with Gasteiger partial charge in [0, 0.05) is 19.2 Å². The van der Waals surface area contributed by atoms with Crippen LogP contribution < -0.4 is 19.3 Å². The first-order valence-corrected chi connectivity index (χ1v) is 11.3. The number of aliphatic imine (C=N–C) groups is 1. The van der Waals surface area contributed by atoms with Crippen molar-refractivity contribution in [1.82, 2.24) is 9.88 Å². The number of carbonyl (C=O) groups is 1. The van der Waals surface area contributed by atoms with Crippen molar-refractivity contribution < 1.29 is 19.0 Å². The molecule has 33 heavy (non-hydrogen) atoms. The van der Waals surface area contributed by atoms with E-state index in [-0.39, 0.29) is 12.1 Å². The summed E-state index contributed by atoms with van der Waals surface area (Å²) in [6.07, 6.45) is 2.72. The molecule has 2 amide bonds. The van der Waals surface area contributed by atoms with Crippen LogP contribution in [0.5, 0.6) is 11.5 Å². The predicted molar refractivity (Wildman–Crippen MR) is 126 cm³/mol. The van der Waals surface area contributed by atoms with Crippen molar-refractivity contribution in [3.05, 3.63) is 41.7 Å². The van der Waals surface area contributed by atoms with Gasteiger partial charge < -0.3 is 19.1 Å². The molecule has 1 fully saturated rings. The first-order chi connectivity index (χ1) is 16.1. The number of nitrogens with zero attached hydrogens (tertiary/aromatic N) is 5. The second kappa shape index (κ2) is 8.90. The number of pyridine rings is 1. The van der Waals surface area contributed by atoms with Gasteiger partial charge in [-0.05, 0) is 30.2 Å². The Morgan fingerprint density at radius 1 is 1.09 bits per heavy atom. The van der Waals surface area contributed by atoms with Crippen LogP contribution in [0.4, 0.5) is 16.2 Å². The fourth-order valence-electron chi connectivity index (χ4n) is 4.61.